The summed E-state index contributed by atoms with van der Waals surface area (Å²) >= 11 is 0. The van der Waals surface area contributed by atoms with Crippen molar-refractivity contribution in [2.75, 3.05) is 5.73 Å². The molecule has 0 unspecified atom stereocenters. The van der Waals surface area contributed by atoms with Crippen molar-refractivity contribution >= 4 is 22.8 Å². The summed E-state index contributed by atoms with van der Waals surface area (Å²) in [5.74, 6) is -1.05. The zero-order chi connectivity index (χ0) is 16.8. The average molecular weight is 323 g/mol. The third-order valence-electron chi connectivity index (χ3n) is 3.01. The third kappa shape index (κ3) is 2.41. The molecular weight excluding hydrogens is 315 g/mol. The molecule has 5 N–H and O–H groups in total. The van der Waals surface area contributed by atoms with Crippen molar-refractivity contribution < 1.29 is 18.0 Å². The van der Waals surface area contributed by atoms with Gasteiger partial charge in [-0.1, -0.05) is 0 Å². The summed E-state index contributed by atoms with van der Waals surface area (Å²) in [6.45, 7) is 0. The summed E-state index contributed by atoms with van der Waals surface area (Å²) < 4.78 is 39.8. The number of aromatic amines is 1. The van der Waals surface area contributed by atoms with Gasteiger partial charge in [-0.05, 0) is 6.07 Å². The maximum absolute atomic E-state index is 13.3. The highest BCUT2D eigenvalue weighted by Crippen LogP contribution is 2.38. The van der Waals surface area contributed by atoms with Crippen LogP contribution in [0.2, 0.25) is 0 Å². The van der Waals surface area contributed by atoms with Crippen LogP contribution in [-0.2, 0) is 6.18 Å². The minimum atomic E-state index is -4.76. The van der Waals surface area contributed by atoms with Crippen LogP contribution in [0.3, 0.4) is 0 Å². The number of hydrogen-bond donors (Lipinski definition) is 3. The largest absolute Gasteiger partial charge is 0.418 e. The summed E-state index contributed by atoms with van der Waals surface area (Å²) in [6, 6.07) is 0.597. The third-order valence-corrected chi connectivity index (χ3v) is 3.01. The molecule has 8 nitrogen and oxygen atoms in total. The van der Waals surface area contributed by atoms with E-state index in [0.29, 0.717) is 6.07 Å². The average Bonchev–Trinajstić information content (AvgIpc) is 2.89. The minimum absolute atomic E-state index is 0.0747. The van der Waals surface area contributed by atoms with Gasteiger partial charge >= 0.3 is 6.18 Å². The zero-order valence-corrected chi connectivity index (χ0v) is 11.2. The number of hydrogen-bond acceptors (Lipinski definition) is 6. The molecule has 3 heterocycles. The molecule has 118 valence electrons. The standard InChI is InChI=1S/C12H8F3N7O/c13-12(14,15)4-3-5(16)7(10(17)23)20-6(4)8-9-11(22-21-8)19-2-1-18-9/h1-3H,16H2,(H2,17,23)(H,19,21,22). The molecule has 0 bridgehead atoms. The molecular formula is C12H8F3N7O. The van der Waals surface area contributed by atoms with Gasteiger partial charge in [-0.2, -0.15) is 18.3 Å². The highest BCUT2D eigenvalue weighted by atomic mass is 19.4. The number of carbonyl (C=O) groups is 1. The number of nitrogens with two attached hydrogens (primary N) is 2. The van der Waals surface area contributed by atoms with Crippen LogP contribution in [0.25, 0.3) is 22.6 Å². The number of fused-ring (bicyclic) bond motifs is 1. The number of rotatable bonds is 2. The van der Waals surface area contributed by atoms with Crippen molar-refractivity contribution in [2.24, 2.45) is 5.73 Å². The number of nitrogen functional groups attached to an aromatic ring is 1. The Hall–Kier alpha value is -3.24. The number of halogens is 3. The molecule has 0 aliphatic carbocycles. The van der Waals surface area contributed by atoms with Crippen LogP contribution in [-0.4, -0.2) is 31.1 Å². The second-order valence-electron chi connectivity index (χ2n) is 4.51. The Balaban J connectivity index is 2.36. The first-order valence-electron chi connectivity index (χ1n) is 6.12. The Morgan fingerprint density at radius 2 is 1.87 bits per heavy atom. The van der Waals surface area contributed by atoms with E-state index in [9.17, 15) is 18.0 Å². The summed E-state index contributed by atoms with van der Waals surface area (Å²) in [5.41, 5.74) is 7.86. The van der Waals surface area contributed by atoms with Crippen molar-refractivity contribution in [1.82, 2.24) is 25.1 Å². The number of H-pyrrole nitrogens is 1. The van der Waals surface area contributed by atoms with E-state index >= 15 is 0 Å². The molecule has 3 aromatic heterocycles. The highest BCUT2D eigenvalue weighted by molar-refractivity contribution is 5.97. The smallest absolute Gasteiger partial charge is 0.397 e. The second kappa shape index (κ2) is 4.90. The number of carbonyl (C=O) groups excluding carboxylic acids is 1. The highest BCUT2D eigenvalue weighted by Gasteiger charge is 2.37. The number of pyridine rings is 1. The number of aromatic nitrogens is 5. The Labute approximate surface area is 125 Å². The lowest BCUT2D eigenvalue weighted by molar-refractivity contribution is -0.137. The number of anilines is 1. The monoisotopic (exact) mass is 323 g/mol. The van der Waals surface area contributed by atoms with E-state index in [1.165, 1.54) is 12.4 Å². The Bertz CT molecular complexity index is 919. The molecule has 0 fully saturated rings. The normalized spacial score (nSPS) is 11.8. The lowest BCUT2D eigenvalue weighted by Gasteiger charge is -2.13. The van der Waals surface area contributed by atoms with Gasteiger partial charge in [0, 0.05) is 12.4 Å². The zero-order valence-electron chi connectivity index (χ0n) is 11.2. The van der Waals surface area contributed by atoms with Crippen molar-refractivity contribution in [1.29, 1.82) is 0 Å². The quantitative estimate of drug-likeness (QED) is 0.646. The molecule has 0 saturated heterocycles. The predicted octanol–water partition coefficient (Wildman–Crippen LogP) is 1.11. The van der Waals surface area contributed by atoms with Gasteiger partial charge in [0.15, 0.2) is 11.3 Å². The van der Waals surface area contributed by atoms with Gasteiger partial charge in [-0.3, -0.25) is 9.89 Å². The van der Waals surface area contributed by atoms with Gasteiger partial charge in [0.05, 0.1) is 11.3 Å². The summed E-state index contributed by atoms with van der Waals surface area (Å²) in [6.07, 6.45) is -2.12. The van der Waals surface area contributed by atoms with Crippen LogP contribution in [0, 0.1) is 0 Å². The van der Waals surface area contributed by atoms with Crippen LogP contribution in [0.4, 0.5) is 18.9 Å². The van der Waals surface area contributed by atoms with E-state index in [1.54, 1.807) is 0 Å². The van der Waals surface area contributed by atoms with Crippen molar-refractivity contribution in [2.45, 2.75) is 6.18 Å². The van der Waals surface area contributed by atoms with Gasteiger partial charge in [-0.25, -0.2) is 15.0 Å². The number of amides is 1. The molecule has 0 saturated carbocycles. The molecule has 0 aliphatic rings. The number of alkyl halides is 3. The van der Waals surface area contributed by atoms with Gasteiger partial charge in [-0.15, -0.1) is 0 Å². The lowest BCUT2D eigenvalue weighted by Crippen LogP contribution is -2.19. The fourth-order valence-electron chi connectivity index (χ4n) is 2.04. The fraction of sp³-hybridized carbons (Fsp3) is 0.0833. The van der Waals surface area contributed by atoms with Crippen molar-refractivity contribution in [3.05, 3.63) is 29.7 Å². The predicted molar refractivity (Wildman–Crippen MR) is 72.8 cm³/mol. The molecule has 23 heavy (non-hydrogen) atoms. The Morgan fingerprint density at radius 1 is 1.17 bits per heavy atom. The van der Waals surface area contributed by atoms with Gasteiger partial charge in [0.25, 0.3) is 5.91 Å². The van der Waals surface area contributed by atoms with Gasteiger partial charge < -0.3 is 11.5 Å². The topological polar surface area (TPSA) is 136 Å². The molecule has 11 heteroatoms. The van der Waals surface area contributed by atoms with Crippen LogP contribution >= 0.6 is 0 Å². The van der Waals surface area contributed by atoms with Crippen LogP contribution in [0.5, 0.6) is 0 Å². The maximum Gasteiger partial charge on any atom is 0.418 e. The molecule has 0 radical (unpaired) electrons. The van der Waals surface area contributed by atoms with E-state index in [-0.39, 0.29) is 16.9 Å². The SMILES string of the molecule is NC(=O)c1nc(-c2n[nH]c3nccnc23)c(C(F)(F)F)cc1N. The Kier molecular flexibility index (Phi) is 3.13. The van der Waals surface area contributed by atoms with Gasteiger partial charge in [0.2, 0.25) is 0 Å². The number of primary amides is 1. The molecule has 1 amide bonds. The first kappa shape index (κ1) is 14.7. The van der Waals surface area contributed by atoms with E-state index in [1.807, 2.05) is 0 Å². The fourth-order valence-corrected chi connectivity index (χ4v) is 2.04. The lowest BCUT2D eigenvalue weighted by atomic mass is 10.1. The maximum atomic E-state index is 13.3. The van der Waals surface area contributed by atoms with Gasteiger partial charge in [0.1, 0.15) is 16.9 Å². The summed E-state index contributed by atoms with van der Waals surface area (Å²) in [7, 11) is 0. The van der Waals surface area contributed by atoms with Crippen molar-refractivity contribution in [3.8, 4) is 11.4 Å². The molecule has 3 rings (SSSR count). The van der Waals surface area contributed by atoms with E-state index in [0.717, 1.165) is 0 Å². The van der Waals surface area contributed by atoms with Crippen LogP contribution < -0.4 is 11.5 Å². The second-order valence-corrected chi connectivity index (χ2v) is 4.51. The molecule has 0 aromatic carbocycles. The van der Waals surface area contributed by atoms with Crippen LogP contribution in [0.1, 0.15) is 16.1 Å². The first-order valence-corrected chi connectivity index (χ1v) is 6.12. The van der Waals surface area contributed by atoms with Crippen molar-refractivity contribution in [3.63, 3.8) is 0 Å². The molecule has 3 aromatic rings. The van der Waals surface area contributed by atoms with Crippen LogP contribution in [0.15, 0.2) is 18.5 Å². The van der Waals surface area contributed by atoms with E-state index in [4.69, 9.17) is 11.5 Å². The summed E-state index contributed by atoms with van der Waals surface area (Å²) in [5, 5.41) is 6.21. The molecule has 0 aliphatic heterocycles. The first-order chi connectivity index (χ1) is 10.8. The minimum Gasteiger partial charge on any atom is -0.397 e. The summed E-state index contributed by atoms with van der Waals surface area (Å²) in [4.78, 5) is 22.8. The Morgan fingerprint density at radius 3 is 2.52 bits per heavy atom. The number of nitrogens with zero attached hydrogens (tertiary/aromatic N) is 4. The molecule has 0 spiro atoms. The van der Waals surface area contributed by atoms with E-state index < -0.39 is 34.7 Å². The molecule has 0 atom stereocenters. The van der Waals surface area contributed by atoms with E-state index in [2.05, 4.69) is 25.1 Å². The number of nitrogens with one attached hydrogen (secondary N) is 1.